The van der Waals surface area contributed by atoms with Gasteiger partial charge in [-0.15, -0.1) is 23.1 Å². The first kappa shape index (κ1) is 16.2. The Kier molecular flexibility index (Phi) is 5.52. The van der Waals surface area contributed by atoms with Crippen LogP contribution in [-0.4, -0.2) is 39.2 Å². The molecule has 21 heavy (non-hydrogen) atoms. The smallest absolute Gasteiger partial charge is 0.327 e. The van der Waals surface area contributed by atoms with E-state index in [9.17, 15) is 14.7 Å². The van der Waals surface area contributed by atoms with Crippen molar-refractivity contribution >= 4 is 35.1 Å². The van der Waals surface area contributed by atoms with Crippen LogP contribution in [0.1, 0.15) is 30.7 Å². The molecule has 2 N–H and O–H groups in total. The zero-order valence-electron chi connectivity index (χ0n) is 12.2. The van der Waals surface area contributed by atoms with Crippen LogP contribution in [0.5, 0.6) is 0 Å². The molecule has 1 aromatic heterocycles. The quantitative estimate of drug-likeness (QED) is 0.872. The largest absolute Gasteiger partial charge is 0.480 e. The second kappa shape index (κ2) is 7.17. The number of carboxylic acid groups (broad SMARTS) is 1. The second-order valence-corrected chi connectivity index (χ2v) is 7.05. The van der Waals surface area contributed by atoms with Crippen molar-refractivity contribution in [2.45, 2.75) is 44.6 Å². The summed E-state index contributed by atoms with van der Waals surface area (Å²) in [6, 6.07) is 1.05. The second-order valence-electron chi connectivity index (χ2n) is 4.84. The summed E-state index contributed by atoms with van der Waals surface area (Å²) in [5.74, 6) is -0.473. The van der Waals surface area contributed by atoms with E-state index in [0.29, 0.717) is 12.3 Å². The molecule has 5 nitrogen and oxygen atoms in total. The molecule has 1 saturated heterocycles. The zero-order chi connectivity index (χ0) is 15.4. The van der Waals surface area contributed by atoms with Crippen LogP contribution in [0.3, 0.4) is 0 Å². The summed E-state index contributed by atoms with van der Waals surface area (Å²) < 4.78 is 0. The van der Waals surface area contributed by atoms with Gasteiger partial charge in [0.05, 0.1) is 11.9 Å². The van der Waals surface area contributed by atoms with E-state index in [2.05, 4.69) is 18.3 Å². The maximum absolute atomic E-state index is 12.4. The highest BCUT2D eigenvalue weighted by Crippen LogP contribution is 2.31. The summed E-state index contributed by atoms with van der Waals surface area (Å²) in [7, 11) is 0. The molecule has 0 spiro atoms. The first-order valence-corrected chi connectivity index (χ1v) is 8.97. The van der Waals surface area contributed by atoms with Crippen LogP contribution < -0.4 is 5.32 Å². The first-order chi connectivity index (χ1) is 10.1. The van der Waals surface area contributed by atoms with Gasteiger partial charge in [-0.25, -0.2) is 9.59 Å². The van der Waals surface area contributed by atoms with E-state index in [1.54, 1.807) is 11.3 Å². The summed E-state index contributed by atoms with van der Waals surface area (Å²) in [6.45, 7) is 4.51. The Balaban J connectivity index is 2.02. The Hall–Kier alpha value is -1.21. The Morgan fingerprint density at radius 1 is 1.48 bits per heavy atom. The average molecular weight is 328 g/mol. The van der Waals surface area contributed by atoms with Gasteiger partial charge in [0.25, 0.3) is 0 Å². The molecule has 0 saturated carbocycles. The van der Waals surface area contributed by atoms with E-state index in [1.807, 2.05) is 12.3 Å². The Morgan fingerprint density at radius 2 is 2.24 bits per heavy atom. The van der Waals surface area contributed by atoms with Crippen LogP contribution in [0.25, 0.3) is 0 Å². The monoisotopic (exact) mass is 328 g/mol. The molecule has 2 amide bonds. The van der Waals surface area contributed by atoms with Crippen molar-refractivity contribution in [3.8, 4) is 0 Å². The van der Waals surface area contributed by atoms with Crippen LogP contribution in [0.2, 0.25) is 0 Å². The van der Waals surface area contributed by atoms with E-state index in [0.717, 1.165) is 17.7 Å². The van der Waals surface area contributed by atoms with Gasteiger partial charge in [-0.3, -0.25) is 4.90 Å². The number of nitrogens with zero attached hydrogens (tertiary/aromatic N) is 1. The van der Waals surface area contributed by atoms with Crippen LogP contribution >= 0.6 is 23.1 Å². The lowest BCUT2D eigenvalue weighted by atomic mass is 10.2. The lowest BCUT2D eigenvalue weighted by molar-refractivity contribution is -0.141. The number of thiophene rings is 1. The van der Waals surface area contributed by atoms with Crippen molar-refractivity contribution in [3.63, 3.8) is 0 Å². The third-order valence-corrected chi connectivity index (χ3v) is 6.00. The van der Waals surface area contributed by atoms with E-state index >= 15 is 0 Å². The molecule has 7 heteroatoms. The lowest BCUT2D eigenvalue weighted by Gasteiger charge is -2.26. The van der Waals surface area contributed by atoms with E-state index in [1.165, 1.54) is 22.2 Å². The summed E-state index contributed by atoms with van der Waals surface area (Å²) in [5, 5.41) is 14.1. The molecule has 0 aromatic carbocycles. The van der Waals surface area contributed by atoms with Gasteiger partial charge in [-0.05, 0) is 29.9 Å². The number of urea groups is 1. The van der Waals surface area contributed by atoms with Crippen molar-refractivity contribution in [2.75, 3.05) is 5.75 Å². The molecular weight excluding hydrogens is 308 g/mol. The molecule has 1 aromatic rings. The summed E-state index contributed by atoms with van der Waals surface area (Å²) in [4.78, 5) is 26.3. The third kappa shape index (κ3) is 3.52. The minimum Gasteiger partial charge on any atom is -0.480 e. The number of carbonyl (C=O) groups is 2. The Morgan fingerprint density at radius 3 is 2.86 bits per heavy atom. The van der Waals surface area contributed by atoms with Gasteiger partial charge in [-0.1, -0.05) is 13.8 Å². The van der Waals surface area contributed by atoms with Crippen LogP contribution in [0.4, 0.5) is 4.79 Å². The molecule has 1 aliphatic rings. The summed E-state index contributed by atoms with van der Waals surface area (Å²) >= 11 is 3.15. The van der Waals surface area contributed by atoms with Crippen molar-refractivity contribution in [3.05, 3.63) is 21.9 Å². The minimum absolute atomic E-state index is 0.0555. The number of aryl methyl sites for hydroxylation is 1. The molecule has 0 aliphatic carbocycles. The number of thioether (sulfide) groups is 1. The zero-order valence-corrected chi connectivity index (χ0v) is 13.8. The fourth-order valence-corrected chi connectivity index (χ4v) is 4.69. The maximum atomic E-state index is 12.4. The number of nitrogens with one attached hydrogen (secondary N) is 1. The maximum Gasteiger partial charge on any atom is 0.327 e. The Labute approximate surface area is 132 Å². The lowest BCUT2D eigenvalue weighted by Crippen LogP contribution is -2.49. The standard InChI is InChI=1S/C14H20N2O3S2/c1-3-9-5-6-20-11(9)7-15-14(19)16-10(13(17)18)8-21-12(16)4-2/h5-6,10,12H,3-4,7-8H2,1-2H3,(H,15,19)(H,17,18). The predicted molar refractivity (Wildman–Crippen MR) is 85.7 cm³/mol. The number of hydrogen-bond donors (Lipinski definition) is 2. The molecule has 2 atom stereocenters. The van der Waals surface area contributed by atoms with Gasteiger partial charge >= 0.3 is 12.0 Å². The fourth-order valence-electron chi connectivity index (χ4n) is 2.42. The number of carboxylic acids is 1. The number of hydrogen-bond acceptors (Lipinski definition) is 4. The molecule has 1 aliphatic heterocycles. The molecule has 0 bridgehead atoms. The number of rotatable bonds is 5. The van der Waals surface area contributed by atoms with Crippen molar-refractivity contribution in [2.24, 2.45) is 0 Å². The highest BCUT2D eigenvalue weighted by molar-refractivity contribution is 8.00. The summed E-state index contributed by atoms with van der Waals surface area (Å²) in [5.41, 5.74) is 1.23. The van der Waals surface area contributed by atoms with Crippen molar-refractivity contribution in [1.29, 1.82) is 0 Å². The van der Waals surface area contributed by atoms with Gasteiger partial charge in [0.15, 0.2) is 0 Å². The van der Waals surface area contributed by atoms with E-state index < -0.39 is 12.0 Å². The topological polar surface area (TPSA) is 69.6 Å². The molecular formula is C14H20N2O3S2. The molecule has 1 fully saturated rings. The van der Waals surface area contributed by atoms with Crippen molar-refractivity contribution in [1.82, 2.24) is 10.2 Å². The van der Waals surface area contributed by atoms with Crippen LogP contribution in [0.15, 0.2) is 11.4 Å². The molecule has 0 radical (unpaired) electrons. The van der Waals surface area contributed by atoms with Gasteiger partial charge in [0.1, 0.15) is 6.04 Å². The van der Waals surface area contributed by atoms with Crippen LogP contribution in [0, 0.1) is 0 Å². The van der Waals surface area contributed by atoms with Gasteiger partial charge < -0.3 is 10.4 Å². The van der Waals surface area contributed by atoms with Gasteiger partial charge in [-0.2, -0.15) is 0 Å². The third-order valence-electron chi connectivity index (χ3n) is 3.58. The number of aliphatic carboxylic acids is 1. The Bertz CT molecular complexity index is 518. The van der Waals surface area contributed by atoms with Gasteiger partial charge in [0, 0.05) is 10.6 Å². The average Bonchev–Trinajstić information content (AvgIpc) is 3.10. The fraction of sp³-hybridized carbons (Fsp3) is 0.571. The summed E-state index contributed by atoms with van der Waals surface area (Å²) in [6.07, 6.45) is 1.69. The SMILES string of the molecule is CCc1ccsc1CNC(=O)N1C(CC)SCC1C(=O)O. The highest BCUT2D eigenvalue weighted by atomic mass is 32.2. The first-order valence-electron chi connectivity index (χ1n) is 7.04. The molecule has 2 rings (SSSR count). The highest BCUT2D eigenvalue weighted by Gasteiger charge is 2.40. The minimum atomic E-state index is -0.932. The number of carbonyl (C=O) groups excluding carboxylic acids is 1. The molecule has 116 valence electrons. The van der Waals surface area contributed by atoms with E-state index in [4.69, 9.17) is 0 Å². The molecule has 2 heterocycles. The predicted octanol–water partition coefficient (Wildman–Crippen LogP) is 2.76. The van der Waals surface area contributed by atoms with Crippen LogP contribution in [-0.2, 0) is 17.8 Å². The van der Waals surface area contributed by atoms with Crippen molar-refractivity contribution < 1.29 is 14.7 Å². The van der Waals surface area contributed by atoms with Gasteiger partial charge in [0.2, 0.25) is 0 Å². The number of amides is 2. The van der Waals surface area contributed by atoms with E-state index in [-0.39, 0.29) is 11.4 Å². The molecule has 2 unspecified atom stereocenters. The normalized spacial score (nSPS) is 21.5.